The maximum Gasteiger partial charge on any atom is 0.0950 e. The van der Waals surface area contributed by atoms with Crippen LogP contribution in [0.1, 0.15) is 30.6 Å². The summed E-state index contributed by atoms with van der Waals surface area (Å²) in [5.41, 5.74) is 2.30. The maximum atomic E-state index is 9.86. The molecule has 0 amide bonds. The molecule has 1 heterocycles. The van der Waals surface area contributed by atoms with Crippen molar-refractivity contribution in [1.82, 2.24) is 0 Å². The van der Waals surface area contributed by atoms with Crippen molar-refractivity contribution in [2.45, 2.75) is 36.1 Å². The van der Waals surface area contributed by atoms with Crippen molar-refractivity contribution in [2.24, 2.45) is 0 Å². The van der Waals surface area contributed by atoms with E-state index in [9.17, 15) is 5.11 Å². The highest BCUT2D eigenvalue weighted by Gasteiger charge is 2.16. The SMILES string of the molecule is CC(Cl)C(O)c1ccc2c(c1)CCCS2. The Labute approximate surface area is 99.8 Å². The lowest BCUT2D eigenvalue weighted by molar-refractivity contribution is 0.177. The van der Waals surface area contributed by atoms with Crippen LogP contribution in [0.25, 0.3) is 0 Å². The largest absolute Gasteiger partial charge is 0.387 e. The lowest BCUT2D eigenvalue weighted by Gasteiger charge is -2.19. The average Bonchev–Trinajstić information content (AvgIpc) is 2.27. The molecule has 0 spiro atoms. The summed E-state index contributed by atoms with van der Waals surface area (Å²) < 4.78 is 0. The summed E-state index contributed by atoms with van der Waals surface area (Å²) in [5.74, 6) is 1.21. The third-order valence-corrected chi connectivity index (χ3v) is 4.15. The molecule has 0 aliphatic carbocycles. The summed E-state index contributed by atoms with van der Waals surface area (Å²) >= 11 is 7.79. The Kier molecular flexibility index (Phi) is 3.60. The first-order valence-corrected chi connectivity index (χ1v) is 6.68. The number of alkyl halides is 1. The number of hydrogen-bond acceptors (Lipinski definition) is 2. The Balaban J connectivity index is 2.27. The molecule has 3 heteroatoms. The number of fused-ring (bicyclic) bond motifs is 1. The average molecular weight is 243 g/mol. The van der Waals surface area contributed by atoms with Crippen molar-refractivity contribution in [3.63, 3.8) is 0 Å². The van der Waals surface area contributed by atoms with Gasteiger partial charge in [0.25, 0.3) is 0 Å². The van der Waals surface area contributed by atoms with Crippen molar-refractivity contribution >= 4 is 23.4 Å². The standard InChI is InChI=1S/C12H15ClOS/c1-8(13)12(14)10-4-5-11-9(7-10)3-2-6-15-11/h4-5,7-8,12,14H,2-3,6H2,1H3. The minimum absolute atomic E-state index is 0.237. The molecule has 0 saturated heterocycles. The maximum absolute atomic E-state index is 9.86. The molecule has 1 aromatic rings. The number of aryl methyl sites for hydroxylation is 1. The molecule has 2 rings (SSSR count). The molecule has 1 aromatic carbocycles. The van der Waals surface area contributed by atoms with Gasteiger partial charge in [0.1, 0.15) is 0 Å². The summed E-state index contributed by atoms with van der Waals surface area (Å²) in [6.07, 6.45) is 1.80. The summed E-state index contributed by atoms with van der Waals surface area (Å²) in [6.45, 7) is 1.82. The summed E-state index contributed by atoms with van der Waals surface area (Å²) in [7, 11) is 0. The fraction of sp³-hybridized carbons (Fsp3) is 0.500. The van der Waals surface area contributed by atoms with Crippen molar-refractivity contribution in [2.75, 3.05) is 5.75 Å². The Morgan fingerprint density at radius 2 is 2.27 bits per heavy atom. The van der Waals surface area contributed by atoms with Crippen LogP contribution in [0.3, 0.4) is 0 Å². The van der Waals surface area contributed by atoms with E-state index in [4.69, 9.17) is 11.6 Å². The van der Waals surface area contributed by atoms with Gasteiger partial charge in [0.2, 0.25) is 0 Å². The molecule has 1 aliphatic heterocycles. The van der Waals surface area contributed by atoms with Gasteiger partial charge in [0, 0.05) is 4.90 Å². The highest BCUT2D eigenvalue weighted by atomic mass is 35.5. The Morgan fingerprint density at radius 1 is 1.47 bits per heavy atom. The van der Waals surface area contributed by atoms with Crippen molar-refractivity contribution < 1.29 is 5.11 Å². The second-order valence-electron chi connectivity index (χ2n) is 3.94. The van der Waals surface area contributed by atoms with E-state index < -0.39 is 6.10 Å². The van der Waals surface area contributed by atoms with Crippen LogP contribution in [0.5, 0.6) is 0 Å². The predicted octanol–water partition coefficient (Wildman–Crippen LogP) is 3.39. The number of rotatable bonds is 2. The Morgan fingerprint density at radius 3 is 3.00 bits per heavy atom. The number of aliphatic hydroxyl groups is 1. The van der Waals surface area contributed by atoms with Gasteiger partial charge in [-0.05, 0) is 42.7 Å². The smallest absolute Gasteiger partial charge is 0.0950 e. The first-order chi connectivity index (χ1) is 7.18. The monoisotopic (exact) mass is 242 g/mol. The molecule has 1 nitrogen and oxygen atoms in total. The van der Waals surface area contributed by atoms with Gasteiger partial charge in [-0.2, -0.15) is 0 Å². The van der Waals surface area contributed by atoms with Crippen LogP contribution in [-0.2, 0) is 6.42 Å². The first kappa shape index (κ1) is 11.3. The Bertz CT molecular complexity index is 351. The molecule has 15 heavy (non-hydrogen) atoms. The van der Waals surface area contributed by atoms with Gasteiger partial charge < -0.3 is 5.11 Å². The first-order valence-electron chi connectivity index (χ1n) is 5.26. The van der Waals surface area contributed by atoms with Gasteiger partial charge in [-0.3, -0.25) is 0 Å². The molecule has 2 atom stereocenters. The van der Waals surface area contributed by atoms with Gasteiger partial charge in [0.05, 0.1) is 11.5 Å². The third kappa shape index (κ3) is 2.49. The topological polar surface area (TPSA) is 20.2 Å². The molecule has 82 valence electrons. The van der Waals surface area contributed by atoms with Gasteiger partial charge in [-0.15, -0.1) is 23.4 Å². The van der Waals surface area contributed by atoms with E-state index in [1.807, 2.05) is 24.8 Å². The van der Waals surface area contributed by atoms with Crippen LogP contribution in [0.2, 0.25) is 0 Å². The lowest BCUT2D eigenvalue weighted by atomic mass is 10.0. The Hall–Kier alpha value is -0.180. The van der Waals surface area contributed by atoms with E-state index >= 15 is 0 Å². The van der Waals surface area contributed by atoms with Gasteiger partial charge in [0.15, 0.2) is 0 Å². The van der Waals surface area contributed by atoms with E-state index in [2.05, 4.69) is 12.1 Å². The fourth-order valence-electron chi connectivity index (χ4n) is 1.83. The second kappa shape index (κ2) is 4.77. The molecule has 0 radical (unpaired) electrons. The molecule has 0 fully saturated rings. The van der Waals surface area contributed by atoms with E-state index in [0.717, 1.165) is 12.0 Å². The highest BCUT2D eigenvalue weighted by Crippen LogP contribution is 2.32. The van der Waals surface area contributed by atoms with Gasteiger partial charge >= 0.3 is 0 Å². The molecule has 1 N–H and O–H groups in total. The second-order valence-corrected chi connectivity index (χ2v) is 5.77. The predicted molar refractivity (Wildman–Crippen MR) is 65.8 cm³/mol. The van der Waals surface area contributed by atoms with E-state index in [1.165, 1.54) is 22.6 Å². The van der Waals surface area contributed by atoms with E-state index in [-0.39, 0.29) is 5.38 Å². The zero-order valence-corrected chi connectivity index (χ0v) is 10.3. The molecular formula is C12H15ClOS. The number of halogens is 1. The number of aliphatic hydroxyl groups excluding tert-OH is 1. The van der Waals surface area contributed by atoms with Crippen LogP contribution in [0, 0.1) is 0 Å². The van der Waals surface area contributed by atoms with Gasteiger partial charge in [-0.1, -0.05) is 12.1 Å². The van der Waals surface area contributed by atoms with Crippen LogP contribution in [0.15, 0.2) is 23.1 Å². The molecule has 0 aromatic heterocycles. The minimum Gasteiger partial charge on any atom is -0.387 e. The highest BCUT2D eigenvalue weighted by molar-refractivity contribution is 7.99. The van der Waals surface area contributed by atoms with Crippen molar-refractivity contribution in [3.8, 4) is 0 Å². The number of hydrogen-bond donors (Lipinski definition) is 1. The van der Waals surface area contributed by atoms with Gasteiger partial charge in [-0.25, -0.2) is 0 Å². The van der Waals surface area contributed by atoms with Crippen molar-refractivity contribution in [1.29, 1.82) is 0 Å². The van der Waals surface area contributed by atoms with E-state index in [1.54, 1.807) is 0 Å². The number of benzene rings is 1. The summed E-state index contributed by atoms with van der Waals surface area (Å²) in [4.78, 5) is 1.36. The van der Waals surface area contributed by atoms with Crippen LogP contribution >= 0.6 is 23.4 Å². The molecule has 0 saturated carbocycles. The zero-order chi connectivity index (χ0) is 10.8. The zero-order valence-electron chi connectivity index (χ0n) is 8.74. The fourth-order valence-corrected chi connectivity index (χ4v) is 2.99. The quantitative estimate of drug-likeness (QED) is 0.803. The minimum atomic E-state index is -0.552. The normalized spacial score (nSPS) is 19.4. The van der Waals surface area contributed by atoms with Crippen LogP contribution in [0.4, 0.5) is 0 Å². The van der Waals surface area contributed by atoms with Crippen LogP contribution < -0.4 is 0 Å². The molecule has 2 unspecified atom stereocenters. The lowest BCUT2D eigenvalue weighted by Crippen LogP contribution is -2.09. The van der Waals surface area contributed by atoms with Crippen molar-refractivity contribution in [3.05, 3.63) is 29.3 Å². The molecule has 0 bridgehead atoms. The third-order valence-electron chi connectivity index (χ3n) is 2.71. The van der Waals surface area contributed by atoms with E-state index in [0.29, 0.717) is 0 Å². The summed E-state index contributed by atoms with van der Waals surface area (Å²) in [5, 5.41) is 9.62. The molecule has 1 aliphatic rings. The van der Waals surface area contributed by atoms with Crippen LogP contribution in [-0.4, -0.2) is 16.2 Å². The molecular weight excluding hydrogens is 228 g/mol. The number of thioether (sulfide) groups is 1. The summed E-state index contributed by atoms with van der Waals surface area (Å²) in [6, 6.07) is 6.20.